The van der Waals surface area contributed by atoms with E-state index in [1.54, 1.807) is 28.8 Å². The third-order valence-corrected chi connectivity index (χ3v) is 4.79. The van der Waals surface area contributed by atoms with Crippen LogP contribution < -0.4 is 0 Å². The van der Waals surface area contributed by atoms with Gasteiger partial charge in [-0.05, 0) is 36.8 Å². The second-order valence-corrected chi connectivity index (χ2v) is 6.72. The standard InChI is InChI=1S/C15H18ClNO3S/c1-2-21-13-4-3-11(16)9-12(13)14(18)17-7-5-10(6-8-17)15(19)20/h3-4,9-10H,2,5-8H2,1H3,(H,19,20). The lowest BCUT2D eigenvalue weighted by atomic mass is 9.96. The minimum absolute atomic E-state index is 0.0581. The molecular formula is C15H18ClNO3S. The average Bonchev–Trinajstić information content (AvgIpc) is 2.48. The average molecular weight is 328 g/mol. The number of aliphatic carboxylic acids is 1. The highest BCUT2D eigenvalue weighted by Gasteiger charge is 2.28. The highest BCUT2D eigenvalue weighted by Crippen LogP contribution is 2.28. The van der Waals surface area contributed by atoms with Gasteiger partial charge in [-0.3, -0.25) is 9.59 Å². The van der Waals surface area contributed by atoms with Gasteiger partial charge in [0.1, 0.15) is 0 Å². The fourth-order valence-electron chi connectivity index (χ4n) is 2.45. The smallest absolute Gasteiger partial charge is 0.306 e. The molecule has 1 saturated heterocycles. The number of thioether (sulfide) groups is 1. The van der Waals surface area contributed by atoms with Crippen LogP contribution in [-0.4, -0.2) is 40.7 Å². The van der Waals surface area contributed by atoms with Gasteiger partial charge < -0.3 is 10.0 Å². The van der Waals surface area contributed by atoms with E-state index in [9.17, 15) is 9.59 Å². The van der Waals surface area contributed by atoms with Crippen LogP contribution in [0.15, 0.2) is 23.1 Å². The quantitative estimate of drug-likeness (QED) is 0.861. The summed E-state index contributed by atoms with van der Waals surface area (Å²) in [6, 6.07) is 5.35. The van der Waals surface area contributed by atoms with Crippen LogP contribution in [0, 0.1) is 5.92 Å². The molecule has 0 unspecified atom stereocenters. The largest absolute Gasteiger partial charge is 0.481 e. The highest BCUT2D eigenvalue weighted by molar-refractivity contribution is 7.99. The molecule has 2 rings (SSSR count). The van der Waals surface area contributed by atoms with Crippen LogP contribution in [0.25, 0.3) is 0 Å². The molecule has 0 spiro atoms. The van der Waals surface area contributed by atoms with E-state index in [2.05, 4.69) is 0 Å². The lowest BCUT2D eigenvalue weighted by Crippen LogP contribution is -2.40. The van der Waals surface area contributed by atoms with Crippen LogP contribution in [0.4, 0.5) is 0 Å². The third-order valence-electron chi connectivity index (χ3n) is 3.60. The van der Waals surface area contributed by atoms with Gasteiger partial charge in [0.25, 0.3) is 5.91 Å². The van der Waals surface area contributed by atoms with Gasteiger partial charge in [-0.1, -0.05) is 18.5 Å². The Labute approximate surface area is 133 Å². The van der Waals surface area contributed by atoms with Gasteiger partial charge in [0.05, 0.1) is 11.5 Å². The summed E-state index contributed by atoms with van der Waals surface area (Å²) >= 11 is 7.62. The van der Waals surface area contributed by atoms with E-state index in [0.717, 1.165) is 10.6 Å². The van der Waals surface area contributed by atoms with Crippen molar-refractivity contribution in [2.24, 2.45) is 5.92 Å². The molecule has 0 saturated carbocycles. The normalized spacial score (nSPS) is 16.0. The van der Waals surface area contributed by atoms with E-state index >= 15 is 0 Å². The van der Waals surface area contributed by atoms with E-state index in [4.69, 9.17) is 16.7 Å². The number of carboxylic acids is 1. The molecule has 1 fully saturated rings. The molecule has 1 heterocycles. The minimum atomic E-state index is -0.771. The first kappa shape index (κ1) is 16.2. The highest BCUT2D eigenvalue weighted by atomic mass is 35.5. The van der Waals surface area contributed by atoms with Crippen molar-refractivity contribution in [3.8, 4) is 0 Å². The number of benzene rings is 1. The lowest BCUT2D eigenvalue weighted by molar-refractivity contribution is -0.143. The van der Waals surface area contributed by atoms with Crippen LogP contribution in [-0.2, 0) is 4.79 Å². The molecule has 1 aromatic carbocycles. The van der Waals surface area contributed by atoms with Gasteiger partial charge in [0.15, 0.2) is 0 Å². The summed E-state index contributed by atoms with van der Waals surface area (Å²) in [7, 11) is 0. The molecule has 1 aliphatic heterocycles. The van der Waals surface area contributed by atoms with Crippen LogP contribution in [0.2, 0.25) is 5.02 Å². The number of halogens is 1. The molecule has 1 amide bonds. The zero-order chi connectivity index (χ0) is 15.4. The molecular weight excluding hydrogens is 310 g/mol. The maximum atomic E-state index is 12.6. The number of likely N-dealkylation sites (tertiary alicyclic amines) is 1. The fraction of sp³-hybridized carbons (Fsp3) is 0.467. The van der Waals surface area contributed by atoms with Crippen molar-refractivity contribution >= 4 is 35.2 Å². The number of hydrogen-bond donors (Lipinski definition) is 1. The molecule has 114 valence electrons. The molecule has 0 radical (unpaired) electrons. The van der Waals surface area contributed by atoms with Gasteiger partial charge in [0, 0.05) is 23.0 Å². The van der Waals surface area contributed by atoms with Crippen LogP contribution in [0.1, 0.15) is 30.1 Å². The third kappa shape index (κ3) is 3.92. The second kappa shape index (κ2) is 7.18. The van der Waals surface area contributed by atoms with Gasteiger partial charge >= 0.3 is 5.97 Å². The van der Waals surface area contributed by atoms with Crippen LogP contribution in [0.5, 0.6) is 0 Å². The number of amides is 1. The molecule has 1 aromatic rings. The summed E-state index contributed by atoms with van der Waals surface area (Å²) in [5.74, 6) is -0.287. The van der Waals surface area contributed by atoms with E-state index in [0.29, 0.717) is 36.5 Å². The number of carbonyl (C=O) groups excluding carboxylic acids is 1. The van der Waals surface area contributed by atoms with Gasteiger partial charge in [-0.25, -0.2) is 0 Å². The van der Waals surface area contributed by atoms with Crippen LogP contribution >= 0.6 is 23.4 Å². The number of piperidine rings is 1. The van der Waals surface area contributed by atoms with Gasteiger partial charge in [0.2, 0.25) is 0 Å². The fourth-order valence-corrected chi connectivity index (χ4v) is 3.40. The Kier molecular flexibility index (Phi) is 5.53. The van der Waals surface area contributed by atoms with Crippen molar-refractivity contribution in [3.63, 3.8) is 0 Å². The number of hydrogen-bond acceptors (Lipinski definition) is 3. The van der Waals surface area contributed by atoms with E-state index in [1.807, 2.05) is 13.0 Å². The van der Waals surface area contributed by atoms with E-state index < -0.39 is 5.97 Å². The first-order valence-corrected chi connectivity index (χ1v) is 8.33. The summed E-state index contributed by atoms with van der Waals surface area (Å²) in [6.07, 6.45) is 1.02. The summed E-state index contributed by atoms with van der Waals surface area (Å²) < 4.78 is 0. The molecule has 0 bridgehead atoms. The molecule has 4 nitrogen and oxygen atoms in total. The lowest BCUT2D eigenvalue weighted by Gasteiger charge is -2.30. The summed E-state index contributed by atoms with van der Waals surface area (Å²) in [5, 5.41) is 9.55. The first-order valence-electron chi connectivity index (χ1n) is 6.97. The summed E-state index contributed by atoms with van der Waals surface area (Å²) in [4.78, 5) is 26.2. The summed E-state index contributed by atoms with van der Waals surface area (Å²) in [5.41, 5.74) is 0.614. The molecule has 0 aliphatic carbocycles. The van der Waals surface area contributed by atoms with Crippen molar-refractivity contribution in [1.82, 2.24) is 4.90 Å². The van der Waals surface area contributed by atoms with Crippen molar-refractivity contribution in [2.75, 3.05) is 18.8 Å². The monoisotopic (exact) mass is 327 g/mol. The van der Waals surface area contributed by atoms with Crippen molar-refractivity contribution in [2.45, 2.75) is 24.7 Å². The van der Waals surface area contributed by atoms with Crippen molar-refractivity contribution < 1.29 is 14.7 Å². The van der Waals surface area contributed by atoms with Crippen LogP contribution in [0.3, 0.4) is 0 Å². The second-order valence-electron chi connectivity index (χ2n) is 4.98. The Bertz CT molecular complexity index is 542. The molecule has 6 heteroatoms. The molecule has 21 heavy (non-hydrogen) atoms. The topological polar surface area (TPSA) is 57.6 Å². The Morgan fingerprint density at radius 1 is 1.38 bits per heavy atom. The predicted molar refractivity (Wildman–Crippen MR) is 84.1 cm³/mol. The van der Waals surface area contributed by atoms with E-state index in [1.165, 1.54) is 0 Å². The maximum absolute atomic E-state index is 12.6. The van der Waals surface area contributed by atoms with Gasteiger partial charge in [-0.15, -0.1) is 11.8 Å². The number of carboxylic acid groups (broad SMARTS) is 1. The Morgan fingerprint density at radius 3 is 2.62 bits per heavy atom. The molecule has 1 N–H and O–H groups in total. The maximum Gasteiger partial charge on any atom is 0.306 e. The zero-order valence-electron chi connectivity index (χ0n) is 11.8. The molecule has 0 atom stereocenters. The number of rotatable bonds is 4. The Balaban J connectivity index is 2.13. The summed E-state index contributed by atoms with van der Waals surface area (Å²) in [6.45, 7) is 3.00. The minimum Gasteiger partial charge on any atom is -0.481 e. The van der Waals surface area contributed by atoms with E-state index in [-0.39, 0.29) is 11.8 Å². The first-order chi connectivity index (χ1) is 10.0. The predicted octanol–water partition coefficient (Wildman–Crippen LogP) is 3.39. The van der Waals surface area contributed by atoms with Gasteiger partial charge in [-0.2, -0.15) is 0 Å². The Hall–Kier alpha value is -1.20. The van der Waals surface area contributed by atoms with Crippen molar-refractivity contribution in [3.05, 3.63) is 28.8 Å². The van der Waals surface area contributed by atoms with Crippen molar-refractivity contribution in [1.29, 1.82) is 0 Å². The number of carbonyl (C=O) groups is 2. The zero-order valence-corrected chi connectivity index (χ0v) is 13.4. The number of nitrogens with zero attached hydrogens (tertiary/aromatic N) is 1. The molecule has 0 aromatic heterocycles. The SMILES string of the molecule is CCSc1ccc(Cl)cc1C(=O)N1CCC(C(=O)O)CC1. The molecule has 1 aliphatic rings. The Morgan fingerprint density at radius 2 is 2.05 bits per heavy atom.